The summed E-state index contributed by atoms with van der Waals surface area (Å²) in [6.07, 6.45) is 5.03. The Morgan fingerprint density at radius 2 is 2.11 bits per heavy atom. The number of nitrogens with one attached hydrogen (secondary N) is 2. The fraction of sp³-hybridized carbons (Fsp3) is 0.857. The standard InChI is InChI=1S/C14H25N3O2/c1-10(15-2)8-16-14(19)11-7-13(18)17(9-11)12-5-3-4-6-12/h10-12,15H,3-9H2,1-2H3,(H,16,19). The van der Waals surface area contributed by atoms with E-state index in [1.807, 2.05) is 18.9 Å². The van der Waals surface area contributed by atoms with Gasteiger partial charge in [0.25, 0.3) is 0 Å². The molecule has 1 aliphatic heterocycles. The Morgan fingerprint density at radius 1 is 1.42 bits per heavy atom. The molecule has 108 valence electrons. The highest BCUT2D eigenvalue weighted by molar-refractivity contribution is 5.89. The summed E-state index contributed by atoms with van der Waals surface area (Å²) < 4.78 is 0. The molecule has 2 rings (SSSR count). The number of carbonyl (C=O) groups excluding carboxylic acids is 2. The summed E-state index contributed by atoms with van der Waals surface area (Å²) in [6.45, 7) is 3.25. The number of amides is 2. The second-order valence-electron chi connectivity index (χ2n) is 5.82. The van der Waals surface area contributed by atoms with Gasteiger partial charge in [0.2, 0.25) is 11.8 Å². The van der Waals surface area contributed by atoms with Crippen LogP contribution in [0.5, 0.6) is 0 Å². The quantitative estimate of drug-likeness (QED) is 0.762. The lowest BCUT2D eigenvalue weighted by Gasteiger charge is -2.24. The van der Waals surface area contributed by atoms with Gasteiger partial charge in [-0.1, -0.05) is 12.8 Å². The van der Waals surface area contributed by atoms with E-state index in [-0.39, 0.29) is 23.8 Å². The lowest BCUT2D eigenvalue weighted by Crippen LogP contribution is -2.41. The van der Waals surface area contributed by atoms with Gasteiger partial charge in [0.05, 0.1) is 5.92 Å². The highest BCUT2D eigenvalue weighted by Crippen LogP contribution is 2.29. The predicted molar refractivity (Wildman–Crippen MR) is 73.6 cm³/mol. The fourth-order valence-electron chi connectivity index (χ4n) is 2.98. The van der Waals surface area contributed by atoms with E-state index < -0.39 is 0 Å². The molecule has 2 amide bonds. The molecule has 2 fully saturated rings. The van der Waals surface area contributed by atoms with Gasteiger partial charge < -0.3 is 15.5 Å². The maximum Gasteiger partial charge on any atom is 0.225 e. The first-order valence-electron chi connectivity index (χ1n) is 7.36. The van der Waals surface area contributed by atoms with Crippen molar-refractivity contribution in [2.45, 2.75) is 51.1 Å². The van der Waals surface area contributed by atoms with Crippen molar-refractivity contribution >= 4 is 11.8 Å². The molecule has 0 aromatic heterocycles. The zero-order valence-corrected chi connectivity index (χ0v) is 11.9. The van der Waals surface area contributed by atoms with Gasteiger partial charge in [0.1, 0.15) is 0 Å². The van der Waals surface area contributed by atoms with Crippen molar-refractivity contribution < 1.29 is 9.59 Å². The van der Waals surface area contributed by atoms with Crippen molar-refractivity contribution in [3.63, 3.8) is 0 Å². The topological polar surface area (TPSA) is 61.4 Å². The molecular weight excluding hydrogens is 242 g/mol. The Balaban J connectivity index is 1.82. The highest BCUT2D eigenvalue weighted by Gasteiger charge is 2.38. The monoisotopic (exact) mass is 267 g/mol. The summed E-state index contributed by atoms with van der Waals surface area (Å²) in [4.78, 5) is 26.0. The first-order chi connectivity index (χ1) is 9.11. The number of nitrogens with zero attached hydrogens (tertiary/aromatic N) is 1. The number of hydrogen-bond acceptors (Lipinski definition) is 3. The highest BCUT2D eigenvalue weighted by atomic mass is 16.2. The van der Waals surface area contributed by atoms with Crippen LogP contribution in [0.3, 0.4) is 0 Å². The maximum atomic E-state index is 12.1. The third kappa shape index (κ3) is 3.47. The van der Waals surface area contributed by atoms with Crippen LogP contribution in [-0.4, -0.2) is 48.9 Å². The van der Waals surface area contributed by atoms with Crippen LogP contribution >= 0.6 is 0 Å². The molecule has 0 spiro atoms. The van der Waals surface area contributed by atoms with Crippen molar-refractivity contribution in [2.24, 2.45) is 5.92 Å². The molecule has 19 heavy (non-hydrogen) atoms. The molecule has 1 heterocycles. The minimum absolute atomic E-state index is 0.0240. The van der Waals surface area contributed by atoms with Gasteiger partial charge in [0, 0.05) is 31.6 Å². The zero-order chi connectivity index (χ0) is 13.8. The summed E-state index contributed by atoms with van der Waals surface area (Å²) in [5.41, 5.74) is 0. The smallest absolute Gasteiger partial charge is 0.225 e. The molecule has 0 aromatic rings. The van der Waals surface area contributed by atoms with Gasteiger partial charge in [-0.2, -0.15) is 0 Å². The largest absolute Gasteiger partial charge is 0.354 e. The summed E-state index contributed by atoms with van der Waals surface area (Å²) >= 11 is 0. The maximum absolute atomic E-state index is 12.1. The Bertz CT molecular complexity index is 340. The molecule has 5 nitrogen and oxygen atoms in total. The van der Waals surface area contributed by atoms with Crippen LogP contribution in [-0.2, 0) is 9.59 Å². The summed E-state index contributed by atoms with van der Waals surface area (Å²) in [6, 6.07) is 0.647. The third-order valence-electron chi connectivity index (χ3n) is 4.37. The second kappa shape index (κ2) is 6.37. The van der Waals surface area contributed by atoms with E-state index in [9.17, 15) is 9.59 Å². The number of hydrogen-bond donors (Lipinski definition) is 2. The Kier molecular flexibility index (Phi) is 4.80. The first-order valence-corrected chi connectivity index (χ1v) is 7.36. The first kappa shape index (κ1) is 14.3. The van der Waals surface area contributed by atoms with Crippen molar-refractivity contribution in [2.75, 3.05) is 20.1 Å². The lowest BCUT2D eigenvalue weighted by atomic mass is 10.1. The Hall–Kier alpha value is -1.10. The van der Waals surface area contributed by atoms with Crippen LogP contribution in [0.25, 0.3) is 0 Å². The van der Waals surface area contributed by atoms with Gasteiger partial charge in [-0.25, -0.2) is 0 Å². The molecule has 2 atom stereocenters. The van der Waals surface area contributed by atoms with E-state index in [1.165, 1.54) is 12.8 Å². The summed E-state index contributed by atoms with van der Waals surface area (Å²) in [5.74, 6) is 0.0295. The molecule has 1 aliphatic carbocycles. The van der Waals surface area contributed by atoms with Crippen LogP contribution in [0.1, 0.15) is 39.0 Å². The van der Waals surface area contributed by atoms with Crippen LogP contribution in [0, 0.1) is 5.92 Å². The minimum atomic E-state index is -0.155. The summed E-state index contributed by atoms with van der Waals surface area (Å²) in [7, 11) is 1.87. The van der Waals surface area contributed by atoms with Crippen LogP contribution in [0.2, 0.25) is 0 Å². The molecular formula is C14H25N3O2. The van der Waals surface area contributed by atoms with E-state index in [1.54, 1.807) is 0 Å². The average Bonchev–Trinajstić information content (AvgIpc) is 3.04. The third-order valence-corrected chi connectivity index (χ3v) is 4.37. The molecule has 2 unspecified atom stereocenters. The average molecular weight is 267 g/mol. The SMILES string of the molecule is CNC(C)CNC(=O)C1CC(=O)N(C2CCCC2)C1. The van der Waals surface area contributed by atoms with Crippen molar-refractivity contribution in [1.82, 2.24) is 15.5 Å². The van der Waals surface area contributed by atoms with Gasteiger partial charge >= 0.3 is 0 Å². The van der Waals surface area contributed by atoms with Gasteiger partial charge in [-0.3, -0.25) is 9.59 Å². The molecule has 1 saturated carbocycles. The lowest BCUT2D eigenvalue weighted by molar-refractivity contribution is -0.130. The number of likely N-dealkylation sites (N-methyl/N-ethyl adjacent to an activating group) is 1. The Labute approximate surface area is 115 Å². The molecule has 1 saturated heterocycles. The van der Waals surface area contributed by atoms with Crippen molar-refractivity contribution in [3.8, 4) is 0 Å². The zero-order valence-electron chi connectivity index (χ0n) is 11.9. The number of rotatable bonds is 5. The molecule has 2 aliphatic rings. The van der Waals surface area contributed by atoms with E-state index in [0.29, 0.717) is 25.6 Å². The fourth-order valence-corrected chi connectivity index (χ4v) is 2.98. The van der Waals surface area contributed by atoms with Crippen LogP contribution in [0.15, 0.2) is 0 Å². The summed E-state index contributed by atoms with van der Waals surface area (Å²) in [5, 5.41) is 6.01. The number of likely N-dealkylation sites (tertiary alicyclic amines) is 1. The molecule has 0 bridgehead atoms. The van der Waals surface area contributed by atoms with Crippen molar-refractivity contribution in [3.05, 3.63) is 0 Å². The van der Waals surface area contributed by atoms with E-state index in [0.717, 1.165) is 12.8 Å². The minimum Gasteiger partial charge on any atom is -0.354 e. The number of carbonyl (C=O) groups is 2. The molecule has 2 N–H and O–H groups in total. The molecule has 5 heteroatoms. The van der Waals surface area contributed by atoms with Gasteiger partial charge in [-0.05, 0) is 26.8 Å². The van der Waals surface area contributed by atoms with Gasteiger partial charge in [0.15, 0.2) is 0 Å². The van der Waals surface area contributed by atoms with E-state index >= 15 is 0 Å². The van der Waals surface area contributed by atoms with E-state index in [4.69, 9.17) is 0 Å². The molecule has 0 radical (unpaired) electrons. The van der Waals surface area contributed by atoms with Crippen molar-refractivity contribution in [1.29, 1.82) is 0 Å². The van der Waals surface area contributed by atoms with Crippen LogP contribution in [0.4, 0.5) is 0 Å². The van der Waals surface area contributed by atoms with Crippen LogP contribution < -0.4 is 10.6 Å². The Morgan fingerprint density at radius 3 is 2.74 bits per heavy atom. The molecule has 0 aromatic carbocycles. The van der Waals surface area contributed by atoms with Gasteiger partial charge in [-0.15, -0.1) is 0 Å². The second-order valence-corrected chi connectivity index (χ2v) is 5.82. The predicted octanol–water partition coefficient (Wildman–Crippen LogP) is 0.502. The normalized spacial score (nSPS) is 25.9. The van der Waals surface area contributed by atoms with E-state index in [2.05, 4.69) is 10.6 Å².